The first-order valence-electron chi connectivity index (χ1n) is 9.79. The number of hydrogen-bond acceptors (Lipinski definition) is 0. The van der Waals surface area contributed by atoms with E-state index >= 15 is 0 Å². The van der Waals surface area contributed by atoms with E-state index in [1.807, 2.05) is 0 Å². The Morgan fingerprint density at radius 3 is 2.07 bits per heavy atom. The van der Waals surface area contributed by atoms with Gasteiger partial charge in [0.2, 0.25) is 0 Å². The molecule has 28 heavy (non-hydrogen) atoms. The van der Waals surface area contributed by atoms with Gasteiger partial charge in [0.1, 0.15) is 0 Å². The largest absolute Gasteiger partial charge is 0.147 e. The van der Waals surface area contributed by atoms with Gasteiger partial charge in [0, 0.05) is 0 Å². The molecule has 0 aromatic heterocycles. The van der Waals surface area contributed by atoms with Crippen LogP contribution in [0.3, 0.4) is 0 Å². The van der Waals surface area contributed by atoms with E-state index in [4.69, 9.17) is 0 Å². The average molecular weight is 467 g/mol. The van der Waals surface area contributed by atoms with Crippen molar-refractivity contribution in [3.05, 3.63) is 74.2 Å². The van der Waals surface area contributed by atoms with E-state index in [0.717, 1.165) is 6.42 Å². The molecule has 0 saturated heterocycles. The first-order chi connectivity index (χ1) is 12.1. The molecule has 150 valence electrons. The molecular weight excluding hydrogens is 435 g/mol. The van der Waals surface area contributed by atoms with Crippen molar-refractivity contribution in [3.8, 4) is 11.1 Å². The van der Waals surface area contributed by atoms with Gasteiger partial charge in [0.05, 0.1) is 0 Å². The molecule has 0 bridgehead atoms. The maximum absolute atomic E-state index is 3.02. The van der Waals surface area contributed by atoms with Crippen LogP contribution in [0.2, 0.25) is 10.5 Å². The van der Waals surface area contributed by atoms with E-state index in [-0.39, 0.29) is 24.8 Å². The number of rotatable bonds is 2. The Morgan fingerprint density at radius 1 is 0.857 bits per heavy atom. The molecule has 0 heterocycles. The van der Waals surface area contributed by atoms with Crippen molar-refractivity contribution in [2.45, 2.75) is 44.6 Å². The van der Waals surface area contributed by atoms with Crippen molar-refractivity contribution >= 4 is 36.3 Å². The van der Waals surface area contributed by atoms with Gasteiger partial charge >= 0.3 is 161 Å². The van der Waals surface area contributed by atoms with Crippen molar-refractivity contribution in [2.24, 2.45) is 5.92 Å². The molecule has 0 aliphatic heterocycles. The quantitative estimate of drug-likeness (QED) is 0.387. The molecule has 0 fully saturated rings. The molecular formula is C24H32Cl2SiTi. The van der Waals surface area contributed by atoms with Crippen LogP contribution in [-0.4, -0.2) is 7.63 Å². The van der Waals surface area contributed by atoms with Crippen LogP contribution < -0.4 is 3.87 Å². The zero-order chi connectivity index (χ0) is 18.9. The minimum absolute atomic E-state index is 0. The standard InChI is InChI=1S/C13H9.C9H13.2CH3.2ClH.H2Si.Ti/c1-3-7-12-10(5-1)9-11-6-2-4-8-13(11)12;1-6-5-7(2)9(4)8(6)3;;;;;;/h1-5,7-8H,9H2;6H,1-4H3;2*1H3;2*1H;1H2;. The Labute approximate surface area is 185 Å². The van der Waals surface area contributed by atoms with Gasteiger partial charge in [0.15, 0.2) is 0 Å². The molecule has 1 unspecified atom stereocenters. The molecule has 2 aromatic rings. The van der Waals surface area contributed by atoms with Gasteiger partial charge in [-0.05, 0) is 0 Å². The van der Waals surface area contributed by atoms with Gasteiger partial charge in [-0.3, -0.25) is 0 Å². The normalized spacial score (nSPS) is 18.5. The molecule has 2 aromatic carbocycles. The SMILES string of the molecule is CC1=C(C)C(C)[C]([Ti]([CH3])([CH3])(=[SiH2])[c]2cccc3c2Cc2ccccc2-3)=C1C.Cl.Cl. The second-order valence-electron chi connectivity index (χ2n) is 9.42. The summed E-state index contributed by atoms with van der Waals surface area (Å²) in [5.41, 5.74) is 10.7. The Bertz CT molecular complexity index is 1090. The number of fused-ring (bicyclic) bond motifs is 3. The van der Waals surface area contributed by atoms with Gasteiger partial charge in [-0.25, -0.2) is 0 Å². The van der Waals surface area contributed by atoms with Crippen LogP contribution in [0.15, 0.2) is 63.1 Å². The van der Waals surface area contributed by atoms with E-state index in [1.54, 1.807) is 24.5 Å². The Morgan fingerprint density at radius 2 is 1.46 bits per heavy atom. The predicted octanol–water partition coefficient (Wildman–Crippen LogP) is 6.32. The van der Waals surface area contributed by atoms with Crippen LogP contribution in [0, 0.1) is 5.92 Å². The van der Waals surface area contributed by atoms with E-state index in [9.17, 15) is 0 Å². The Hall–Kier alpha value is -0.569. The molecule has 0 N–H and O–H groups in total. The van der Waals surface area contributed by atoms with E-state index in [1.165, 1.54) is 22.3 Å². The summed E-state index contributed by atoms with van der Waals surface area (Å²) in [6.07, 6.45) is 1.10. The van der Waals surface area contributed by atoms with Crippen molar-refractivity contribution in [3.63, 3.8) is 0 Å². The molecule has 2 aliphatic carbocycles. The van der Waals surface area contributed by atoms with Crippen molar-refractivity contribution in [1.29, 1.82) is 0 Å². The Balaban J connectivity index is 0.00000140. The smallest absolute Gasteiger partial charge is 0.147 e. The fraction of sp³-hybridized carbons (Fsp3) is 0.333. The molecule has 0 amide bonds. The molecule has 0 spiro atoms. The van der Waals surface area contributed by atoms with Crippen molar-refractivity contribution < 1.29 is 14.0 Å². The molecule has 4 rings (SSSR count). The van der Waals surface area contributed by atoms with Crippen LogP contribution in [0.25, 0.3) is 11.1 Å². The summed E-state index contributed by atoms with van der Waals surface area (Å²) in [7, 11) is 2.37. The summed E-state index contributed by atoms with van der Waals surface area (Å²) >= 11 is -3.02. The summed E-state index contributed by atoms with van der Waals surface area (Å²) in [5.74, 6) is 0.596. The second kappa shape index (κ2) is 7.60. The minimum Gasteiger partial charge on any atom is -0.147 e. The van der Waals surface area contributed by atoms with Gasteiger partial charge in [-0.15, -0.1) is 24.8 Å². The number of allylic oxidation sites excluding steroid dienone is 4. The van der Waals surface area contributed by atoms with Crippen LogP contribution in [-0.2, 0) is 20.5 Å². The molecule has 0 nitrogen and oxygen atoms in total. The van der Waals surface area contributed by atoms with E-state index in [2.05, 4.69) is 88.2 Å². The first-order valence-corrected chi connectivity index (χ1v) is 18.5. The second-order valence-corrected chi connectivity index (χ2v) is 28.2. The number of halogens is 2. The number of benzene rings is 2. The maximum atomic E-state index is 2.65. The minimum atomic E-state index is -3.02. The third-order valence-electron chi connectivity index (χ3n) is 7.22. The summed E-state index contributed by atoms with van der Waals surface area (Å²) in [6.45, 7) is 9.48. The number of hydrogen-bond donors (Lipinski definition) is 0. The van der Waals surface area contributed by atoms with Gasteiger partial charge < -0.3 is 0 Å². The van der Waals surface area contributed by atoms with Crippen LogP contribution in [0.4, 0.5) is 0 Å². The van der Waals surface area contributed by atoms with Crippen molar-refractivity contribution in [1.82, 2.24) is 0 Å². The van der Waals surface area contributed by atoms with Gasteiger partial charge in [-0.2, -0.15) is 0 Å². The fourth-order valence-electron chi connectivity index (χ4n) is 5.71. The van der Waals surface area contributed by atoms with Gasteiger partial charge in [-0.1, -0.05) is 0 Å². The average Bonchev–Trinajstić information content (AvgIpc) is 3.06. The maximum Gasteiger partial charge on any atom is -0.147 e. The third-order valence-corrected chi connectivity index (χ3v) is 17.7. The van der Waals surface area contributed by atoms with Crippen molar-refractivity contribution in [2.75, 3.05) is 0 Å². The van der Waals surface area contributed by atoms with Crippen LogP contribution >= 0.6 is 24.8 Å². The molecule has 1 atom stereocenters. The topological polar surface area (TPSA) is 0 Å². The first kappa shape index (κ1) is 23.7. The summed E-state index contributed by atoms with van der Waals surface area (Å²) in [4.78, 5) is 0. The predicted molar refractivity (Wildman–Crippen MR) is 129 cm³/mol. The van der Waals surface area contributed by atoms with E-state index < -0.39 is 14.0 Å². The fourth-order valence-corrected chi connectivity index (χ4v) is 17.4. The Kier molecular flexibility index (Phi) is 6.43. The summed E-state index contributed by atoms with van der Waals surface area (Å²) in [5, 5.41) is 5.30. The van der Waals surface area contributed by atoms with Crippen LogP contribution in [0.1, 0.15) is 38.8 Å². The zero-order valence-corrected chi connectivity index (χ0v) is 22.5. The zero-order valence-electron chi connectivity index (χ0n) is 17.8. The van der Waals surface area contributed by atoms with E-state index in [0.29, 0.717) is 5.92 Å². The summed E-state index contributed by atoms with van der Waals surface area (Å²) < 4.78 is 3.48. The molecule has 2 aliphatic rings. The van der Waals surface area contributed by atoms with Gasteiger partial charge in [0.25, 0.3) is 0 Å². The molecule has 0 saturated carbocycles. The summed E-state index contributed by atoms with van der Waals surface area (Å²) in [6, 6.07) is 16.1. The van der Waals surface area contributed by atoms with Crippen LogP contribution in [0.5, 0.6) is 0 Å². The third kappa shape index (κ3) is 3.24. The monoisotopic (exact) mass is 466 g/mol. The molecule has 4 heteroatoms. The molecule has 0 radical (unpaired) electrons.